The standard InChI is InChI=1S/C26H27N5O2/c1-18-21(15-32-13-19-8-4-2-5-9-19)23(33-14-20-10-6-3-7-11-20)12-22(18)31-17-30-24-25(27)28-16-29-26(24)31/h2-11,16-17,21-23H,1,12-15H2,(H2,27,28,29)/t21-,22-,23-/m0/s1. The fourth-order valence-electron chi connectivity index (χ4n) is 4.47. The number of nitrogens with zero attached hydrogens (tertiary/aromatic N) is 4. The summed E-state index contributed by atoms with van der Waals surface area (Å²) in [7, 11) is 0. The molecule has 2 heterocycles. The van der Waals surface area contributed by atoms with Gasteiger partial charge in [0.15, 0.2) is 11.5 Å². The Morgan fingerprint density at radius 3 is 2.36 bits per heavy atom. The smallest absolute Gasteiger partial charge is 0.165 e. The molecule has 0 unspecified atom stereocenters. The van der Waals surface area contributed by atoms with Crippen molar-refractivity contribution in [3.05, 3.63) is 96.6 Å². The van der Waals surface area contributed by atoms with E-state index in [0.29, 0.717) is 36.8 Å². The Labute approximate surface area is 192 Å². The van der Waals surface area contributed by atoms with Crippen LogP contribution in [0.25, 0.3) is 11.2 Å². The number of hydrogen-bond acceptors (Lipinski definition) is 6. The van der Waals surface area contributed by atoms with Crippen molar-refractivity contribution in [2.75, 3.05) is 12.3 Å². The molecular formula is C26H27N5O2. The molecule has 33 heavy (non-hydrogen) atoms. The quantitative estimate of drug-likeness (QED) is 0.410. The molecule has 7 nitrogen and oxygen atoms in total. The van der Waals surface area contributed by atoms with Crippen molar-refractivity contribution in [2.24, 2.45) is 5.92 Å². The van der Waals surface area contributed by atoms with Gasteiger partial charge in [-0.25, -0.2) is 15.0 Å². The van der Waals surface area contributed by atoms with Gasteiger partial charge in [0, 0.05) is 5.92 Å². The van der Waals surface area contributed by atoms with E-state index in [1.165, 1.54) is 6.33 Å². The van der Waals surface area contributed by atoms with Gasteiger partial charge in [0.05, 0.1) is 38.3 Å². The minimum atomic E-state index is -0.0323. The Hall–Kier alpha value is -3.55. The minimum absolute atomic E-state index is 0.00426. The third kappa shape index (κ3) is 4.51. The number of imidazole rings is 1. The predicted molar refractivity (Wildman–Crippen MR) is 127 cm³/mol. The second-order valence-corrected chi connectivity index (χ2v) is 8.35. The first-order chi connectivity index (χ1) is 16.2. The van der Waals surface area contributed by atoms with Crippen LogP contribution < -0.4 is 5.73 Å². The lowest BCUT2D eigenvalue weighted by Gasteiger charge is -2.21. The molecular weight excluding hydrogens is 414 g/mol. The zero-order valence-corrected chi connectivity index (χ0v) is 18.4. The highest BCUT2D eigenvalue weighted by atomic mass is 16.5. The number of fused-ring (bicyclic) bond motifs is 1. The maximum absolute atomic E-state index is 6.41. The van der Waals surface area contributed by atoms with Crippen molar-refractivity contribution >= 4 is 17.0 Å². The van der Waals surface area contributed by atoms with Gasteiger partial charge in [-0.2, -0.15) is 0 Å². The first-order valence-corrected chi connectivity index (χ1v) is 11.1. The van der Waals surface area contributed by atoms with Crippen LogP contribution in [0.15, 0.2) is 85.5 Å². The zero-order valence-electron chi connectivity index (χ0n) is 18.4. The van der Waals surface area contributed by atoms with Crippen LogP contribution in [-0.4, -0.2) is 32.2 Å². The van der Waals surface area contributed by atoms with E-state index in [0.717, 1.165) is 23.1 Å². The highest BCUT2D eigenvalue weighted by Gasteiger charge is 2.40. The molecule has 0 amide bonds. The Bertz CT molecular complexity index is 1230. The van der Waals surface area contributed by atoms with Crippen LogP contribution in [0, 0.1) is 5.92 Å². The fourth-order valence-corrected chi connectivity index (χ4v) is 4.47. The van der Waals surface area contributed by atoms with Crippen molar-refractivity contribution in [1.82, 2.24) is 19.5 Å². The maximum atomic E-state index is 6.41. The fraction of sp³-hybridized carbons (Fsp3) is 0.269. The molecule has 1 saturated carbocycles. The molecule has 5 rings (SSSR count). The summed E-state index contributed by atoms with van der Waals surface area (Å²) in [5, 5.41) is 0. The molecule has 2 aromatic carbocycles. The van der Waals surface area contributed by atoms with Gasteiger partial charge in [-0.15, -0.1) is 0 Å². The van der Waals surface area contributed by atoms with E-state index in [4.69, 9.17) is 15.2 Å². The monoisotopic (exact) mass is 441 g/mol. The van der Waals surface area contributed by atoms with Crippen LogP contribution in [0.3, 0.4) is 0 Å². The Kier molecular flexibility index (Phi) is 6.15. The van der Waals surface area contributed by atoms with E-state index in [1.54, 1.807) is 6.33 Å². The lowest BCUT2D eigenvalue weighted by Crippen LogP contribution is -2.23. The number of aromatic nitrogens is 4. The number of rotatable bonds is 8. The third-order valence-corrected chi connectivity index (χ3v) is 6.25. The number of ether oxygens (including phenoxy) is 2. The van der Waals surface area contributed by atoms with Crippen molar-refractivity contribution in [3.63, 3.8) is 0 Å². The summed E-state index contributed by atoms with van der Waals surface area (Å²) in [5.41, 5.74) is 10.7. The second kappa shape index (κ2) is 9.52. The third-order valence-electron chi connectivity index (χ3n) is 6.25. The molecule has 2 aromatic heterocycles. The summed E-state index contributed by atoms with van der Waals surface area (Å²) in [6.07, 6.45) is 3.97. The molecule has 2 N–H and O–H groups in total. The molecule has 0 aliphatic heterocycles. The summed E-state index contributed by atoms with van der Waals surface area (Å²) in [5.74, 6) is 0.432. The van der Waals surface area contributed by atoms with Crippen LogP contribution in [0.1, 0.15) is 23.6 Å². The highest BCUT2D eigenvalue weighted by Crippen LogP contribution is 2.42. The Balaban J connectivity index is 1.35. The molecule has 1 aliphatic rings. The van der Waals surface area contributed by atoms with Crippen LogP contribution >= 0.6 is 0 Å². The van der Waals surface area contributed by atoms with Crippen LogP contribution in [0.4, 0.5) is 5.82 Å². The van der Waals surface area contributed by atoms with Gasteiger partial charge in [-0.1, -0.05) is 67.2 Å². The number of benzene rings is 2. The predicted octanol–water partition coefficient (Wildman–Crippen LogP) is 4.33. The number of anilines is 1. The van der Waals surface area contributed by atoms with E-state index in [9.17, 15) is 0 Å². The second-order valence-electron chi connectivity index (χ2n) is 8.35. The van der Waals surface area contributed by atoms with Crippen molar-refractivity contribution < 1.29 is 9.47 Å². The van der Waals surface area contributed by atoms with E-state index in [-0.39, 0.29) is 18.1 Å². The zero-order chi connectivity index (χ0) is 22.6. The first kappa shape index (κ1) is 21.3. The number of hydrogen-bond donors (Lipinski definition) is 1. The summed E-state index contributed by atoms with van der Waals surface area (Å²) in [6, 6.07) is 20.4. The molecule has 1 fully saturated rings. The number of nitrogens with two attached hydrogens (primary N) is 1. The molecule has 0 saturated heterocycles. The van der Waals surface area contributed by atoms with Gasteiger partial charge < -0.3 is 19.8 Å². The van der Waals surface area contributed by atoms with E-state index in [2.05, 4.69) is 45.8 Å². The van der Waals surface area contributed by atoms with Gasteiger partial charge in [-0.3, -0.25) is 0 Å². The van der Waals surface area contributed by atoms with Crippen LogP contribution in [0.5, 0.6) is 0 Å². The van der Waals surface area contributed by atoms with Crippen molar-refractivity contribution in [2.45, 2.75) is 31.8 Å². The molecule has 4 aromatic rings. The van der Waals surface area contributed by atoms with E-state index in [1.807, 2.05) is 41.0 Å². The molecule has 7 heteroatoms. The lowest BCUT2D eigenvalue weighted by molar-refractivity contribution is -0.0122. The minimum Gasteiger partial charge on any atom is -0.382 e. The summed E-state index contributed by atoms with van der Waals surface area (Å²) >= 11 is 0. The molecule has 168 valence electrons. The summed E-state index contributed by atoms with van der Waals surface area (Å²) in [4.78, 5) is 12.9. The normalized spacial score (nSPS) is 20.5. The van der Waals surface area contributed by atoms with Gasteiger partial charge in [0.2, 0.25) is 0 Å². The maximum Gasteiger partial charge on any atom is 0.165 e. The summed E-state index contributed by atoms with van der Waals surface area (Å²) in [6.45, 7) is 6.08. The van der Waals surface area contributed by atoms with Gasteiger partial charge >= 0.3 is 0 Å². The van der Waals surface area contributed by atoms with E-state index >= 15 is 0 Å². The Morgan fingerprint density at radius 2 is 1.64 bits per heavy atom. The van der Waals surface area contributed by atoms with Gasteiger partial charge in [0.25, 0.3) is 0 Å². The average molecular weight is 442 g/mol. The van der Waals surface area contributed by atoms with Crippen LogP contribution in [0.2, 0.25) is 0 Å². The van der Waals surface area contributed by atoms with Crippen molar-refractivity contribution in [1.29, 1.82) is 0 Å². The number of nitrogen functional groups attached to an aromatic ring is 1. The molecule has 1 aliphatic carbocycles. The van der Waals surface area contributed by atoms with Crippen LogP contribution in [-0.2, 0) is 22.7 Å². The molecule has 0 spiro atoms. The Morgan fingerprint density at radius 1 is 0.939 bits per heavy atom. The van der Waals surface area contributed by atoms with Gasteiger partial charge in [0.1, 0.15) is 11.8 Å². The molecule has 0 bridgehead atoms. The SMILES string of the molecule is C=C1[C@H](COCc2ccccc2)[C@@H](OCc2ccccc2)C[C@@H]1n1cnc2c(N)ncnc21. The average Bonchev–Trinajstić information content (AvgIpc) is 3.41. The molecule has 3 atom stereocenters. The lowest BCUT2D eigenvalue weighted by atomic mass is 10.0. The summed E-state index contributed by atoms with van der Waals surface area (Å²) < 4.78 is 14.6. The van der Waals surface area contributed by atoms with Crippen molar-refractivity contribution in [3.8, 4) is 0 Å². The molecule has 0 radical (unpaired) electrons. The topological polar surface area (TPSA) is 88.1 Å². The highest BCUT2D eigenvalue weighted by molar-refractivity contribution is 5.81. The van der Waals surface area contributed by atoms with E-state index < -0.39 is 0 Å². The van der Waals surface area contributed by atoms with Gasteiger partial charge in [-0.05, 0) is 23.1 Å². The largest absolute Gasteiger partial charge is 0.382 e. The first-order valence-electron chi connectivity index (χ1n) is 11.1.